The van der Waals surface area contributed by atoms with Crippen LogP contribution in [0.4, 0.5) is 4.79 Å². The molecule has 0 heterocycles. The zero-order valence-corrected chi connectivity index (χ0v) is 27.9. The zero-order chi connectivity index (χ0) is 35.1. The summed E-state index contributed by atoms with van der Waals surface area (Å²) < 4.78 is 10.7. The van der Waals surface area contributed by atoms with Crippen LogP contribution in [0.1, 0.15) is 71.9 Å². The summed E-state index contributed by atoms with van der Waals surface area (Å²) in [7, 11) is 0. The smallest absolute Gasteiger partial charge is 0.408 e. The highest BCUT2D eigenvalue weighted by Gasteiger charge is 2.41. The molecular formula is C35H46N4O8. The van der Waals surface area contributed by atoms with Gasteiger partial charge in [0, 0.05) is 6.42 Å². The Morgan fingerprint density at radius 3 is 2.04 bits per heavy atom. The zero-order valence-electron chi connectivity index (χ0n) is 27.9. The first kappa shape index (κ1) is 38.4. The molecule has 254 valence electrons. The van der Waals surface area contributed by atoms with Crippen molar-refractivity contribution in [3.05, 3.63) is 71.8 Å². The number of aliphatic hydroxyl groups is 1. The molecule has 0 radical (unpaired) electrons. The number of imide groups is 1. The summed E-state index contributed by atoms with van der Waals surface area (Å²) in [6.07, 6.45) is -3.09. The molecule has 0 aliphatic carbocycles. The fourth-order valence-electron chi connectivity index (χ4n) is 4.56. The largest absolute Gasteiger partial charge is 0.459 e. The van der Waals surface area contributed by atoms with Crippen LogP contribution in [0.15, 0.2) is 60.7 Å². The van der Waals surface area contributed by atoms with E-state index in [-0.39, 0.29) is 13.0 Å². The van der Waals surface area contributed by atoms with E-state index in [1.807, 2.05) is 6.07 Å². The highest BCUT2D eigenvalue weighted by Crippen LogP contribution is 2.20. The van der Waals surface area contributed by atoms with Crippen LogP contribution in [-0.2, 0) is 41.7 Å². The summed E-state index contributed by atoms with van der Waals surface area (Å²) in [5.74, 6) is -3.93. The van der Waals surface area contributed by atoms with Crippen LogP contribution in [0, 0.1) is 17.2 Å². The van der Waals surface area contributed by atoms with Crippen LogP contribution in [0.2, 0.25) is 0 Å². The Labute approximate surface area is 276 Å². The maximum Gasteiger partial charge on any atom is 0.408 e. The molecule has 47 heavy (non-hydrogen) atoms. The number of amides is 4. The Kier molecular flexibility index (Phi) is 15.0. The summed E-state index contributed by atoms with van der Waals surface area (Å²) in [6.45, 7) is 9.86. The topological polar surface area (TPSA) is 175 Å². The number of hydrogen-bond acceptors (Lipinski definition) is 9. The van der Waals surface area contributed by atoms with Crippen molar-refractivity contribution in [2.75, 3.05) is 0 Å². The monoisotopic (exact) mass is 650 g/mol. The maximum atomic E-state index is 14.4. The van der Waals surface area contributed by atoms with E-state index in [0.29, 0.717) is 12.0 Å². The molecule has 2 rings (SSSR count). The van der Waals surface area contributed by atoms with Crippen LogP contribution in [0.25, 0.3) is 0 Å². The molecule has 0 fully saturated rings. The van der Waals surface area contributed by atoms with Crippen LogP contribution >= 0.6 is 0 Å². The lowest BCUT2D eigenvalue weighted by Gasteiger charge is -2.35. The number of nitrogens with zero attached hydrogens (tertiary/aromatic N) is 2. The van der Waals surface area contributed by atoms with Crippen molar-refractivity contribution in [3.8, 4) is 6.07 Å². The molecule has 12 heteroatoms. The Morgan fingerprint density at radius 2 is 1.51 bits per heavy atom. The highest BCUT2D eigenvalue weighted by molar-refractivity contribution is 6.04. The lowest BCUT2D eigenvalue weighted by molar-refractivity contribution is -0.155. The number of nitriles is 1. The number of ether oxygens (including phenoxy) is 2. The first-order valence-corrected chi connectivity index (χ1v) is 15.6. The van der Waals surface area contributed by atoms with E-state index < -0.39 is 78.4 Å². The first-order valence-electron chi connectivity index (χ1n) is 15.6. The second kappa shape index (κ2) is 18.4. The minimum absolute atomic E-state index is 0.0277. The van der Waals surface area contributed by atoms with Gasteiger partial charge in [0.05, 0.1) is 25.0 Å². The van der Waals surface area contributed by atoms with Gasteiger partial charge < -0.3 is 25.2 Å². The molecule has 0 saturated heterocycles. The predicted molar refractivity (Wildman–Crippen MR) is 173 cm³/mol. The number of alkyl carbamates (subject to hydrolysis) is 1. The molecule has 4 amide bonds. The van der Waals surface area contributed by atoms with Crippen LogP contribution in [0.3, 0.4) is 0 Å². The van der Waals surface area contributed by atoms with Gasteiger partial charge in [0.15, 0.2) is 0 Å². The Bertz CT molecular complexity index is 1390. The number of rotatable bonds is 15. The number of nitrogens with one attached hydrogen (secondary N) is 2. The molecule has 0 unspecified atom stereocenters. The first-order chi connectivity index (χ1) is 22.2. The summed E-state index contributed by atoms with van der Waals surface area (Å²) in [4.78, 5) is 68.6. The molecule has 2 aromatic carbocycles. The Morgan fingerprint density at radius 1 is 0.936 bits per heavy atom. The van der Waals surface area contributed by atoms with Gasteiger partial charge in [-0.3, -0.25) is 19.3 Å². The van der Waals surface area contributed by atoms with Crippen LogP contribution < -0.4 is 10.6 Å². The summed E-state index contributed by atoms with van der Waals surface area (Å²) in [5, 5.41) is 24.6. The Balaban J connectivity index is 2.51. The number of aliphatic hydroxyl groups excluding tert-OH is 1. The number of carbonyl (C=O) groups excluding carboxylic acids is 5. The highest BCUT2D eigenvalue weighted by atomic mass is 16.6. The minimum atomic E-state index is -1.51. The van der Waals surface area contributed by atoms with Crippen molar-refractivity contribution < 1.29 is 38.6 Å². The molecule has 0 aliphatic rings. The van der Waals surface area contributed by atoms with E-state index in [0.717, 1.165) is 10.5 Å². The van der Waals surface area contributed by atoms with Gasteiger partial charge in [-0.1, -0.05) is 80.9 Å². The van der Waals surface area contributed by atoms with E-state index in [1.165, 1.54) is 6.92 Å². The Hall–Kier alpha value is -4.76. The van der Waals surface area contributed by atoms with E-state index in [9.17, 15) is 29.1 Å². The molecule has 0 aromatic heterocycles. The summed E-state index contributed by atoms with van der Waals surface area (Å²) in [5.41, 5.74) is 0.453. The maximum absolute atomic E-state index is 14.4. The molecule has 12 nitrogen and oxygen atoms in total. The molecule has 3 N–H and O–H groups in total. The standard InChI is InChI=1S/C35H46N4O8/c1-7-23(2)30(38-34(45)47-35(4,5)6)32(43)39(29(41)21-27(40)18-19-36)28(20-25-14-10-8-11-15-25)31(42)37-24(3)33(44)46-22-26-16-12-9-13-17-26/h8-17,23-24,27-28,30,40H,7,18,20-22H2,1-6H3,(H,37,42)(H,38,45)/t23-,24-,27+,28-,30+/m0/s1. The van der Waals surface area contributed by atoms with Crippen molar-refractivity contribution in [2.45, 2.75) is 104 Å². The van der Waals surface area contributed by atoms with Crippen LogP contribution in [0.5, 0.6) is 0 Å². The molecule has 0 aliphatic heterocycles. The summed E-state index contributed by atoms with van der Waals surface area (Å²) in [6, 6.07) is 15.4. The van der Waals surface area contributed by atoms with Gasteiger partial charge in [0.2, 0.25) is 11.8 Å². The fraction of sp³-hybridized carbons (Fsp3) is 0.486. The van der Waals surface area contributed by atoms with Crippen molar-refractivity contribution >= 4 is 29.8 Å². The normalized spacial score (nSPS) is 14.3. The van der Waals surface area contributed by atoms with Crippen molar-refractivity contribution in [2.24, 2.45) is 5.92 Å². The van der Waals surface area contributed by atoms with E-state index in [2.05, 4.69) is 10.6 Å². The van der Waals surface area contributed by atoms with Gasteiger partial charge in [0.1, 0.15) is 30.3 Å². The third kappa shape index (κ3) is 12.9. The van der Waals surface area contributed by atoms with Crippen molar-refractivity contribution in [1.82, 2.24) is 15.5 Å². The molecule has 0 saturated carbocycles. The van der Waals surface area contributed by atoms with E-state index in [1.54, 1.807) is 95.3 Å². The summed E-state index contributed by atoms with van der Waals surface area (Å²) >= 11 is 0. The second-order valence-electron chi connectivity index (χ2n) is 12.4. The molecule has 0 bridgehead atoms. The molecular weight excluding hydrogens is 604 g/mol. The van der Waals surface area contributed by atoms with Gasteiger partial charge in [-0.15, -0.1) is 0 Å². The number of esters is 1. The van der Waals surface area contributed by atoms with E-state index >= 15 is 0 Å². The average molecular weight is 651 g/mol. The van der Waals surface area contributed by atoms with E-state index in [4.69, 9.17) is 14.7 Å². The molecule has 0 spiro atoms. The fourth-order valence-corrected chi connectivity index (χ4v) is 4.56. The minimum Gasteiger partial charge on any atom is -0.459 e. The van der Waals surface area contributed by atoms with Gasteiger partial charge >= 0.3 is 12.1 Å². The average Bonchev–Trinajstić information content (AvgIpc) is 3.01. The van der Waals surface area contributed by atoms with Gasteiger partial charge in [-0.05, 0) is 44.7 Å². The number of hydrogen-bond donors (Lipinski definition) is 3. The number of carbonyl (C=O) groups is 5. The van der Waals surface area contributed by atoms with Crippen molar-refractivity contribution in [3.63, 3.8) is 0 Å². The van der Waals surface area contributed by atoms with Gasteiger partial charge in [-0.25, -0.2) is 9.59 Å². The quantitative estimate of drug-likeness (QED) is 0.242. The molecule has 2 aromatic rings. The third-order valence-corrected chi connectivity index (χ3v) is 7.22. The lowest BCUT2D eigenvalue weighted by Crippen LogP contribution is -2.61. The third-order valence-electron chi connectivity index (χ3n) is 7.22. The number of benzene rings is 2. The second-order valence-corrected chi connectivity index (χ2v) is 12.4. The SMILES string of the molecule is CC[C@H](C)[C@@H](NC(=O)OC(C)(C)C)C(=O)N(C(=O)C[C@H](O)CC#N)[C@@H](Cc1ccccc1)C(=O)N[C@@H](C)C(=O)OCc1ccccc1. The van der Waals surface area contributed by atoms with Gasteiger partial charge in [-0.2, -0.15) is 5.26 Å². The lowest BCUT2D eigenvalue weighted by atomic mass is 9.95. The predicted octanol–water partition coefficient (Wildman–Crippen LogP) is 3.81. The molecule has 5 atom stereocenters. The van der Waals surface area contributed by atoms with Crippen LogP contribution in [-0.4, -0.2) is 69.6 Å². The van der Waals surface area contributed by atoms with Crippen molar-refractivity contribution in [1.29, 1.82) is 5.26 Å². The van der Waals surface area contributed by atoms with Gasteiger partial charge in [0.25, 0.3) is 5.91 Å².